The average molecular weight is 372 g/mol. The number of fused-ring (bicyclic) bond motifs is 1. The van der Waals surface area contributed by atoms with Crippen LogP contribution in [0.4, 0.5) is 5.69 Å². The predicted octanol–water partition coefficient (Wildman–Crippen LogP) is 5.47. The van der Waals surface area contributed by atoms with Crippen LogP contribution in [0.25, 0.3) is 31.8 Å². The number of ether oxygens (including phenoxy) is 1. The van der Waals surface area contributed by atoms with Crippen molar-refractivity contribution in [2.45, 2.75) is 0 Å². The minimum Gasteiger partial charge on any atom is -0.378 e. The fourth-order valence-electron chi connectivity index (χ4n) is 3.61. The zero-order chi connectivity index (χ0) is 18.1. The van der Waals surface area contributed by atoms with Gasteiger partial charge >= 0.3 is 0 Å². The Kier molecular flexibility index (Phi) is 4.36. The van der Waals surface area contributed by atoms with E-state index in [1.54, 1.807) is 11.3 Å². The fourth-order valence-corrected chi connectivity index (χ4v) is 4.63. The highest BCUT2D eigenvalue weighted by Gasteiger charge is 2.13. The smallest absolute Gasteiger partial charge is 0.0880 e. The van der Waals surface area contributed by atoms with Crippen LogP contribution in [0.15, 0.2) is 72.9 Å². The topological polar surface area (TPSA) is 25.4 Å². The lowest BCUT2D eigenvalue weighted by atomic mass is 10.1. The van der Waals surface area contributed by atoms with Gasteiger partial charge in [0.25, 0.3) is 0 Å². The van der Waals surface area contributed by atoms with Gasteiger partial charge < -0.3 is 9.64 Å². The van der Waals surface area contributed by atoms with E-state index in [-0.39, 0.29) is 0 Å². The average Bonchev–Trinajstić information content (AvgIpc) is 3.24. The molecule has 3 heterocycles. The largest absolute Gasteiger partial charge is 0.378 e. The Morgan fingerprint density at radius 3 is 2.63 bits per heavy atom. The van der Waals surface area contributed by atoms with Crippen LogP contribution in [-0.4, -0.2) is 31.3 Å². The van der Waals surface area contributed by atoms with Gasteiger partial charge in [-0.2, -0.15) is 0 Å². The fraction of sp³-hybridized carbons (Fsp3) is 0.174. The Bertz CT molecular complexity index is 1080. The highest BCUT2D eigenvalue weighted by atomic mass is 32.1. The van der Waals surface area contributed by atoms with E-state index < -0.39 is 0 Å². The summed E-state index contributed by atoms with van der Waals surface area (Å²) in [6.07, 6.45) is 1.90. The lowest BCUT2D eigenvalue weighted by Gasteiger charge is -2.29. The number of hydrogen-bond acceptors (Lipinski definition) is 4. The minimum absolute atomic E-state index is 0.806. The third-order valence-corrected chi connectivity index (χ3v) is 6.16. The van der Waals surface area contributed by atoms with E-state index in [1.807, 2.05) is 6.20 Å². The molecular formula is C23H20N2OS. The van der Waals surface area contributed by atoms with E-state index in [1.165, 1.54) is 31.8 Å². The summed E-state index contributed by atoms with van der Waals surface area (Å²) >= 11 is 1.80. The van der Waals surface area contributed by atoms with Gasteiger partial charge in [0.2, 0.25) is 0 Å². The van der Waals surface area contributed by atoms with Crippen molar-refractivity contribution < 1.29 is 4.74 Å². The van der Waals surface area contributed by atoms with Crippen molar-refractivity contribution in [3.8, 4) is 21.0 Å². The second-order valence-corrected chi connectivity index (χ2v) is 7.78. The Morgan fingerprint density at radius 2 is 1.70 bits per heavy atom. The lowest BCUT2D eigenvalue weighted by molar-refractivity contribution is 0.122. The summed E-state index contributed by atoms with van der Waals surface area (Å²) in [7, 11) is 0. The molecule has 1 saturated heterocycles. The third kappa shape index (κ3) is 3.22. The molecule has 0 bridgehead atoms. The van der Waals surface area contributed by atoms with Gasteiger partial charge in [-0.1, -0.05) is 36.4 Å². The van der Waals surface area contributed by atoms with Gasteiger partial charge in [0.05, 0.1) is 23.8 Å². The first-order chi connectivity index (χ1) is 13.4. The van der Waals surface area contributed by atoms with Gasteiger partial charge in [0, 0.05) is 35.2 Å². The number of hydrogen-bond donors (Lipinski definition) is 0. The third-order valence-electron chi connectivity index (χ3n) is 5.02. The molecule has 1 fully saturated rings. The summed E-state index contributed by atoms with van der Waals surface area (Å²) in [5.74, 6) is 0. The first-order valence-electron chi connectivity index (χ1n) is 9.25. The lowest BCUT2D eigenvalue weighted by Crippen LogP contribution is -2.36. The van der Waals surface area contributed by atoms with E-state index in [0.29, 0.717) is 0 Å². The summed E-state index contributed by atoms with van der Waals surface area (Å²) in [5, 5.41) is 2.43. The Morgan fingerprint density at radius 1 is 0.852 bits per heavy atom. The van der Waals surface area contributed by atoms with Gasteiger partial charge in [0.1, 0.15) is 0 Å². The molecule has 0 radical (unpaired) electrons. The SMILES string of the molecule is c1cc(-c2ccc(-c3nccc4ccccc34)s2)cc(N2CCOCC2)c1. The Labute approximate surface area is 162 Å². The van der Waals surface area contributed by atoms with Gasteiger partial charge in [-0.25, -0.2) is 0 Å². The number of thiophene rings is 1. The van der Waals surface area contributed by atoms with Gasteiger partial charge in [-0.3, -0.25) is 4.98 Å². The van der Waals surface area contributed by atoms with Crippen molar-refractivity contribution in [2.24, 2.45) is 0 Å². The van der Waals surface area contributed by atoms with Gasteiger partial charge in [-0.05, 0) is 41.3 Å². The van der Waals surface area contributed by atoms with Crippen molar-refractivity contribution in [3.63, 3.8) is 0 Å². The summed E-state index contributed by atoms with van der Waals surface area (Å²) in [4.78, 5) is 9.54. The van der Waals surface area contributed by atoms with E-state index in [4.69, 9.17) is 4.74 Å². The zero-order valence-corrected chi connectivity index (χ0v) is 15.8. The molecule has 0 atom stereocenters. The van der Waals surface area contributed by atoms with Crippen molar-refractivity contribution >= 4 is 27.8 Å². The van der Waals surface area contributed by atoms with E-state index >= 15 is 0 Å². The maximum absolute atomic E-state index is 5.48. The number of morpholine rings is 1. The van der Waals surface area contributed by atoms with Gasteiger partial charge in [-0.15, -0.1) is 11.3 Å². The molecule has 0 unspecified atom stereocenters. The molecule has 0 aliphatic carbocycles. The molecule has 1 aliphatic rings. The van der Waals surface area contributed by atoms with Crippen LogP contribution < -0.4 is 4.90 Å². The summed E-state index contributed by atoms with van der Waals surface area (Å²) in [6, 6.07) is 23.7. The summed E-state index contributed by atoms with van der Waals surface area (Å²) in [5.41, 5.74) is 3.60. The molecule has 0 amide bonds. The second kappa shape index (κ2) is 7.14. The van der Waals surface area contributed by atoms with Crippen LogP contribution >= 0.6 is 11.3 Å². The molecule has 134 valence electrons. The molecule has 3 nitrogen and oxygen atoms in total. The van der Waals surface area contributed by atoms with E-state index in [9.17, 15) is 0 Å². The molecule has 4 heteroatoms. The summed E-state index contributed by atoms with van der Waals surface area (Å²) < 4.78 is 5.48. The van der Waals surface area contributed by atoms with E-state index in [0.717, 1.165) is 32.0 Å². The maximum atomic E-state index is 5.48. The monoisotopic (exact) mass is 372 g/mol. The Balaban J connectivity index is 1.50. The van der Waals surface area contributed by atoms with Crippen LogP contribution in [0.3, 0.4) is 0 Å². The van der Waals surface area contributed by atoms with E-state index in [2.05, 4.69) is 76.6 Å². The number of anilines is 1. The van der Waals surface area contributed by atoms with Crippen LogP contribution in [0, 0.1) is 0 Å². The highest BCUT2D eigenvalue weighted by Crippen LogP contribution is 2.37. The standard InChI is InChI=1S/C23H20N2OS/c1-2-7-20-17(4-1)10-11-24-23(20)22-9-8-21(27-22)18-5-3-6-19(16-18)25-12-14-26-15-13-25/h1-11,16H,12-15H2. The predicted molar refractivity (Wildman–Crippen MR) is 114 cm³/mol. The molecule has 4 aromatic rings. The van der Waals surface area contributed by atoms with Gasteiger partial charge in [0.15, 0.2) is 0 Å². The molecule has 1 aliphatic heterocycles. The Hall–Kier alpha value is -2.69. The number of pyridine rings is 1. The molecule has 0 N–H and O–H groups in total. The van der Waals surface area contributed by atoms with Crippen molar-refractivity contribution in [2.75, 3.05) is 31.2 Å². The highest BCUT2D eigenvalue weighted by molar-refractivity contribution is 7.18. The molecule has 0 saturated carbocycles. The van der Waals surface area contributed by atoms with Crippen LogP contribution in [0.2, 0.25) is 0 Å². The molecule has 2 aromatic heterocycles. The number of rotatable bonds is 3. The van der Waals surface area contributed by atoms with Crippen molar-refractivity contribution in [1.29, 1.82) is 0 Å². The molecule has 5 rings (SSSR count). The van der Waals surface area contributed by atoms with Crippen LogP contribution in [-0.2, 0) is 4.74 Å². The second-order valence-electron chi connectivity index (χ2n) is 6.69. The summed E-state index contributed by atoms with van der Waals surface area (Å²) in [6.45, 7) is 3.53. The molecule has 2 aromatic carbocycles. The minimum atomic E-state index is 0.806. The number of aromatic nitrogens is 1. The number of benzene rings is 2. The quantitative estimate of drug-likeness (QED) is 0.477. The maximum Gasteiger partial charge on any atom is 0.0880 e. The van der Waals surface area contributed by atoms with Crippen LogP contribution in [0.1, 0.15) is 0 Å². The zero-order valence-electron chi connectivity index (χ0n) is 15.0. The molecule has 0 spiro atoms. The first kappa shape index (κ1) is 16.5. The molecular weight excluding hydrogens is 352 g/mol. The van der Waals surface area contributed by atoms with Crippen molar-refractivity contribution in [3.05, 3.63) is 72.9 Å². The number of nitrogens with zero attached hydrogens (tertiary/aromatic N) is 2. The molecule has 27 heavy (non-hydrogen) atoms. The first-order valence-corrected chi connectivity index (χ1v) is 10.1. The normalized spacial score (nSPS) is 14.6. The van der Waals surface area contributed by atoms with Crippen molar-refractivity contribution in [1.82, 2.24) is 4.98 Å². The van der Waals surface area contributed by atoms with Crippen LogP contribution in [0.5, 0.6) is 0 Å².